The van der Waals surface area contributed by atoms with Gasteiger partial charge in [-0.05, 0) is 56.4 Å². The van der Waals surface area contributed by atoms with Crippen LogP contribution < -0.4 is 21.7 Å². The molecular formula is C29H33F3N10O3. The number of nitrogens with one attached hydrogen (secondary N) is 3. The number of likely N-dealkylation sites (tertiary alicyclic amines) is 1. The zero-order valence-electron chi connectivity index (χ0n) is 24.7. The molecule has 0 spiro atoms. The van der Waals surface area contributed by atoms with Crippen LogP contribution in [0.15, 0.2) is 30.6 Å². The number of halogens is 3. The Bertz CT molecular complexity index is 1650. The van der Waals surface area contributed by atoms with Gasteiger partial charge in [0.2, 0.25) is 0 Å². The Hall–Kier alpha value is -4.91. The second-order valence-electron chi connectivity index (χ2n) is 11.3. The first-order valence-electron chi connectivity index (χ1n) is 14.4. The van der Waals surface area contributed by atoms with Gasteiger partial charge in [-0.15, -0.1) is 0 Å². The Balaban J connectivity index is 1.18. The summed E-state index contributed by atoms with van der Waals surface area (Å²) in [4.78, 5) is 44.3. The van der Waals surface area contributed by atoms with Gasteiger partial charge in [0, 0.05) is 55.7 Å². The molecular weight excluding hydrogens is 593 g/mol. The Labute approximate surface area is 256 Å². The first kappa shape index (κ1) is 31.5. The van der Waals surface area contributed by atoms with E-state index in [1.807, 2.05) is 0 Å². The quantitative estimate of drug-likeness (QED) is 0.297. The number of rotatable bonds is 8. The predicted molar refractivity (Wildman–Crippen MR) is 156 cm³/mol. The summed E-state index contributed by atoms with van der Waals surface area (Å²) in [6, 6.07) is 6.30. The Morgan fingerprint density at radius 3 is 2.56 bits per heavy atom. The summed E-state index contributed by atoms with van der Waals surface area (Å²) in [5.74, 6) is -1.11. The van der Waals surface area contributed by atoms with Gasteiger partial charge in [-0.2, -0.15) is 23.5 Å². The van der Waals surface area contributed by atoms with E-state index in [1.165, 1.54) is 11.6 Å². The van der Waals surface area contributed by atoms with Crippen molar-refractivity contribution >= 4 is 23.5 Å². The van der Waals surface area contributed by atoms with E-state index in [4.69, 9.17) is 11.0 Å². The Morgan fingerprint density at radius 1 is 1.16 bits per heavy atom. The maximum Gasteiger partial charge on any atom is 0.435 e. The number of urea groups is 1. The van der Waals surface area contributed by atoms with Crippen LogP contribution in [0.5, 0.6) is 0 Å². The number of amides is 4. The van der Waals surface area contributed by atoms with Gasteiger partial charge >= 0.3 is 12.2 Å². The van der Waals surface area contributed by atoms with Crippen LogP contribution in [0.3, 0.4) is 0 Å². The highest BCUT2D eigenvalue weighted by molar-refractivity contribution is 6.03. The average Bonchev–Trinajstić information content (AvgIpc) is 3.70. The highest BCUT2D eigenvalue weighted by Crippen LogP contribution is 2.36. The van der Waals surface area contributed by atoms with Crippen LogP contribution >= 0.6 is 0 Å². The summed E-state index contributed by atoms with van der Waals surface area (Å²) in [7, 11) is 1.40. The molecule has 238 valence electrons. The van der Waals surface area contributed by atoms with E-state index in [2.05, 4.69) is 26.0 Å². The average molecular weight is 627 g/mol. The minimum absolute atomic E-state index is 0.00605. The van der Waals surface area contributed by atoms with Crippen molar-refractivity contribution in [1.82, 2.24) is 34.9 Å². The molecule has 1 saturated heterocycles. The van der Waals surface area contributed by atoms with E-state index in [9.17, 15) is 27.6 Å². The molecule has 1 aliphatic heterocycles. The number of aryl methyl sites for hydroxylation is 1. The summed E-state index contributed by atoms with van der Waals surface area (Å²) in [6.45, 7) is 2.47. The first-order valence-corrected chi connectivity index (χ1v) is 14.4. The molecule has 2 aliphatic rings. The van der Waals surface area contributed by atoms with Crippen molar-refractivity contribution in [2.24, 2.45) is 12.8 Å². The van der Waals surface area contributed by atoms with Gasteiger partial charge in [0.1, 0.15) is 6.54 Å². The fourth-order valence-corrected chi connectivity index (χ4v) is 5.75. The Morgan fingerprint density at radius 2 is 1.89 bits per heavy atom. The number of aromatic nitrogens is 4. The molecule has 0 bridgehead atoms. The van der Waals surface area contributed by atoms with Gasteiger partial charge in [0.05, 0.1) is 23.5 Å². The molecule has 1 aliphatic carbocycles. The van der Waals surface area contributed by atoms with Crippen molar-refractivity contribution in [1.29, 1.82) is 5.26 Å². The maximum absolute atomic E-state index is 13.6. The molecule has 1 unspecified atom stereocenters. The maximum atomic E-state index is 13.6. The molecule has 2 fully saturated rings. The third-order valence-electron chi connectivity index (χ3n) is 8.17. The van der Waals surface area contributed by atoms with Gasteiger partial charge in [-0.3, -0.25) is 14.3 Å². The minimum Gasteiger partial charge on any atom is -0.349 e. The summed E-state index contributed by atoms with van der Waals surface area (Å²) in [6.07, 6.45) is 0.506. The smallest absolute Gasteiger partial charge is 0.349 e. The van der Waals surface area contributed by atoms with Gasteiger partial charge in [0.15, 0.2) is 11.5 Å². The molecule has 4 amide bonds. The topological polar surface area (TPSA) is 176 Å². The number of alkyl halides is 3. The molecule has 45 heavy (non-hydrogen) atoms. The van der Waals surface area contributed by atoms with Crippen LogP contribution in [0, 0.1) is 18.3 Å². The van der Waals surface area contributed by atoms with E-state index in [0.717, 1.165) is 29.9 Å². The number of carbonyl (C=O) groups is 3. The lowest BCUT2D eigenvalue weighted by atomic mass is 9.86. The number of hydrogen-bond donors (Lipinski definition) is 4. The van der Waals surface area contributed by atoms with Gasteiger partial charge in [0.25, 0.3) is 11.8 Å². The van der Waals surface area contributed by atoms with Crippen molar-refractivity contribution in [3.05, 3.63) is 53.2 Å². The number of anilines is 1. The minimum atomic E-state index is -4.79. The van der Waals surface area contributed by atoms with Gasteiger partial charge in [-0.1, -0.05) is 0 Å². The highest BCUT2D eigenvalue weighted by Gasteiger charge is 2.39. The fourth-order valence-electron chi connectivity index (χ4n) is 5.75. The van der Waals surface area contributed by atoms with Crippen LogP contribution in [0.4, 0.5) is 23.7 Å². The molecule has 1 atom stereocenters. The second-order valence-corrected chi connectivity index (χ2v) is 11.3. The third kappa shape index (κ3) is 6.63. The van der Waals surface area contributed by atoms with Gasteiger partial charge in [-0.25, -0.2) is 9.78 Å². The SMILES string of the molecule is Cc1cc(NC(=O)c2ncc(-c3cn(CC#N)nc3C(F)(F)F)n2C)ccc1C(=O)NC1CC(NC(=O)N2CCCC2CN)C1. The van der Waals surface area contributed by atoms with E-state index in [-0.39, 0.29) is 53.7 Å². The van der Waals surface area contributed by atoms with E-state index < -0.39 is 17.8 Å². The van der Waals surface area contributed by atoms with Crippen molar-refractivity contribution in [3.8, 4) is 17.3 Å². The number of carbonyl (C=O) groups excluding carboxylic acids is 3. The van der Waals surface area contributed by atoms with E-state index in [1.54, 1.807) is 36.1 Å². The summed E-state index contributed by atoms with van der Waals surface area (Å²) in [5.41, 5.74) is 5.62. The molecule has 1 aromatic carbocycles. The highest BCUT2D eigenvalue weighted by atomic mass is 19.4. The van der Waals surface area contributed by atoms with Crippen molar-refractivity contribution in [2.45, 2.75) is 63.5 Å². The Kier molecular flexibility index (Phi) is 8.82. The summed E-state index contributed by atoms with van der Waals surface area (Å²) >= 11 is 0. The van der Waals surface area contributed by atoms with Crippen LogP contribution in [0.25, 0.3) is 11.3 Å². The predicted octanol–water partition coefficient (Wildman–Crippen LogP) is 2.78. The van der Waals surface area contributed by atoms with Crippen molar-refractivity contribution in [3.63, 3.8) is 0 Å². The lowest BCUT2D eigenvalue weighted by molar-refractivity contribution is -0.141. The lowest BCUT2D eigenvalue weighted by Gasteiger charge is -2.38. The fraction of sp³-hybridized carbons (Fsp3) is 0.448. The molecule has 5 rings (SSSR count). The number of nitriles is 1. The number of nitrogens with two attached hydrogens (primary N) is 1. The molecule has 1 saturated carbocycles. The number of hydrogen-bond acceptors (Lipinski definition) is 7. The summed E-state index contributed by atoms with van der Waals surface area (Å²) in [5, 5.41) is 21.0. The summed E-state index contributed by atoms with van der Waals surface area (Å²) < 4.78 is 42.9. The zero-order chi connectivity index (χ0) is 32.5. The standard InChI is InChI=1S/C29H33F3N10O3/c1-16-10-17(5-6-21(16)26(43)37-18-11-19(12-18)38-28(45)42-8-3-4-20(42)13-34)36-27(44)25-35-14-23(40(25)2)22-15-41(9-7-33)39-24(22)29(30,31)32/h5-6,10,14-15,18-20H,3-4,8-9,11-13,34H2,1-2H3,(H,36,44)(H,37,43)(H,38,45). The number of benzene rings is 1. The number of nitrogens with zero attached hydrogens (tertiary/aromatic N) is 6. The zero-order valence-corrected chi connectivity index (χ0v) is 24.7. The second kappa shape index (κ2) is 12.6. The molecule has 3 aromatic rings. The molecule has 13 nitrogen and oxygen atoms in total. The molecule has 16 heteroatoms. The lowest BCUT2D eigenvalue weighted by Crippen LogP contribution is -2.57. The molecule has 2 aromatic heterocycles. The van der Waals surface area contributed by atoms with Crippen LogP contribution in [-0.4, -0.2) is 73.3 Å². The van der Waals surface area contributed by atoms with Crippen LogP contribution in [-0.2, 0) is 19.8 Å². The monoisotopic (exact) mass is 626 g/mol. The van der Waals surface area contributed by atoms with Gasteiger partial charge < -0.3 is 31.2 Å². The third-order valence-corrected chi connectivity index (χ3v) is 8.17. The van der Waals surface area contributed by atoms with E-state index in [0.29, 0.717) is 42.7 Å². The first-order chi connectivity index (χ1) is 21.4. The van der Waals surface area contributed by atoms with Crippen molar-refractivity contribution in [2.75, 3.05) is 18.4 Å². The van der Waals surface area contributed by atoms with Crippen LogP contribution in [0.2, 0.25) is 0 Å². The molecule has 5 N–H and O–H groups in total. The molecule has 0 radical (unpaired) electrons. The normalized spacial score (nSPS) is 19.5. The largest absolute Gasteiger partial charge is 0.435 e. The molecule has 3 heterocycles. The van der Waals surface area contributed by atoms with Crippen molar-refractivity contribution < 1.29 is 27.6 Å². The number of imidazole rings is 1. The van der Waals surface area contributed by atoms with Crippen LogP contribution in [0.1, 0.15) is 57.9 Å². The van der Waals surface area contributed by atoms with E-state index >= 15 is 0 Å².